The number of rotatable bonds is 6. The third-order valence-electron chi connectivity index (χ3n) is 5.73. The molecule has 1 atom stereocenters. The van der Waals surface area contributed by atoms with Crippen LogP contribution >= 0.6 is 0 Å². The molecule has 146 valence electrons. The first kappa shape index (κ1) is 17.4. The van der Waals surface area contributed by atoms with Crippen LogP contribution in [0.25, 0.3) is 5.65 Å². The van der Waals surface area contributed by atoms with Crippen molar-refractivity contribution in [1.82, 2.24) is 19.6 Å². The van der Waals surface area contributed by atoms with Crippen molar-refractivity contribution in [2.45, 2.75) is 50.6 Å². The van der Waals surface area contributed by atoms with E-state index in [2.05, 4.69) is 27.8 Å². The molecule has 0 spiro atoms. The molecule has 2 aromatic heterocycles. The Bertz CT molecular complexity index is 929. The SMILES string of the molecule is c1ccc(CNc2nc(N[C@@H]3CCOC3)nn3c(C4CCCC4)cnc23)cc1. The molecule has 3 aromatic rings. The van der Waals surface area contributed by atoms with E-state index in [9.17, 15) is 0 Å². The topological polar surface area (TPSA) is 76.4 Å². The summed E-state index contributed by atoms with van der Waals surface area (Å²) < 4.78 is 7.48. The Kier molecular flexibility index (Phi) is 4.83. The van der Waals surface area contributed by atoms with Crippen molar-refractivity contribution in [3.63, 3.8) is 0 Å². The minimum absolute atomic E-state index is 0.262. The molecule has 7 heteroatoms. The highest BCUT2D eigenvalue weighted by molar-refractivity contribution is 5.64. The maximum atomic E-state index is 5.49. The summed E-state index contributed by atoms with van der Waals surface area (Å²) in [7, 11) is 0. The van der Waals surface area contributed by atoms with Gasteiger partial charge in [-0.3, -0.25) is 0 Å². The number of anilines is 2. The summed E-state index contributed by atoms with van der Waals surface area (Å²) in [6.45, 7) is 2.19. The zero-order valence-corrected chi connectivity index (χ0v) is 16.0. The number of benzene rings is 1. The lowest BCUT2D eigenvalue weighted by atomic mass is 10.1. The largest absolute Gasteiger partial charge is 0.379 e. The van der Waals surface area contributed by atoms with Crippen LogP contribution in [0.2, 0.25) is 0 Å². The molecule has 0 bridgehead atoms. The average molecular weight is 378 g/mol. The van der Waals surface area contributed by atoms with E-state index in [1.54, 1.807) is 0 Å². The van der Waals surface area contributed by atoms with Gasteiger partial charge in [-0.15, -0.1) is 5.10 Å². The standard InChI is InChI=1S/C21H26N6O/c1-2-6-15(7-3-1)12-22-19-20-23-13-18(16-8-4-5-9-16)27(20)26-21(25-19)24-17-10-11-28-14-17/h1-3,6-7,13,16-17H,4-5,8-12,14H2,(H2,22,24,25,26)/t17-/m1/s1. The molecule has 0 radical (unpaired) electrons. The zero-order chi connectivity index (χ0) is 18.8. The molecule has 3 heterocycles. The fourth-order valence-corrected chi connectivity index (χ4v) is 4.19. The molecule has 2 N–H and O–H groups in total. The second-order valence-corrected chi connectivity index (χ2v) is 7.73. The summed E-state index contributed by atoms with van der Waals surface area (Å²) in [6.07, 6.45) is 7.95. The first-order chi connectivity index (χ1) is 13.9. The molecule has 1 saturated heterocycles. The maximum absolute atomic E-state index is 5.49. The summed E-state index contributed by atoms with van der Waals surface area (Å²) in [5, 5.41) is 11.7. The molecule has 28 heavy (non-hydrogen) atoms. The molecule has 1 aliphatic heterocycles. The van der Waals surface area contributed by atoms with Gasteiger partial charge in [0.2, 0.25) is 5.95 Å². The molecular weight excluding hydrogens is 352 g/mol. The van der Waals surface area contributed by atoms with Gasteiger partial charge in [0.1, 0.15) is 0 Å². The summed E-state index contributed by atoms with van der Waals surface area (Å²) in [5.74, 6) is 1.94. The summed E-state index contributed by atoms with van der Waals surface area (Å²) in [5.41, 5.74) is 3.20. The number of ether oxygens (including phenoxy) is 1. The van der Waals surface area contributed by atoms with Crippen molar-refractivity contribution >= 4 is 17.4 Å². The van der Waals surface area contributed by atoms with E-state index in [4.69, 9.17) is 14.8 Å². The predicted molar refractivity (Wildman–Crippen MR) is 109 cm³/mol. The number of imidazole rings is 1. The zero-order valence-electron chi connectivity index (χ0n) is 16.0. The van der Waals surface area contributed by atoms with Crippen molar-refractivity contribution < 1.29 is 4.74 Å². The highest BCUT2D eigenvalue weighted by atomic mass is 16.5. The molecule has 7 nitrogen and oxygen atoms in total. The van der Waals surface area contributed by atoms with Crippen molar-refractivity contribution in [3.8, 4) is 0 Å². The summed E-state index contributed by atoms with van der Waals surface area (Å²) in [6, 6.07) is 10.6. The van der Waals surface area contributed by atoms with Crippen molar-refractivity contribution in [3.05, 3.63) is 47.8 Å². The third-order valence-corrected chi connectivity index (χ3v) is 5.73. The minimum Gasteiger partial charge on any atom is -0.379 e. The molecule has 0 unspecified atom stereocenters. The Balaban J connectivity index is 1.48. The van der Waals surface area contributed by atoms with Crippen molar-refractivity contribution in [2.75, 3.05) is 23.8 Å². The van der Waals surface area contributed by atoms with Crippen LogP contribution in [0, 0.1) is 0 Å². The smallest absolute Gasteiger partial charge is 0.243 e. The van der Waals surface area contributed by atoms with E-state index >= 15 is 0 Å². The second-order valence-electron chi connectivity index (χ2n) is 7.73. The van der Waals surface area contributed by atoms with Gasteiger partial charge in [-0.2, -0.15) is 4.98 Å². The molecule has 0 amide bonds. The van der Waals surface area contributed by atoms with Crippen LogP contribution in [0.15, 0.2) is 36.5 Å². The van der Waals surface area contributed by atoms with Crippen molar-refractivity contribution in [2.24, 2.45) is 0 Å². The number of hydrogen-bond acceptors (Lipinski definition) is 6. The highest BCUT2D eigenvalue weighted by Gasteiger charge is 2.24. The summed E-state index contributed by atoms with van der Waals surface area (Å²) in [4.78, 5) is 9.42. The Morgan fingerprint density at radius 1 is 1.11 bits per heavy atom. The van der Waals surface area contributed by atoms with Crippen LogP contribution in [0.5, 0.6) is 0 Å². The van der Waals surface area contributed by atoms with Gasteiger partial charge in [-0.25, -0.2) is 9.50 Å². The maximum Gasteiger partial charge on any atom is 0.243 e. The Labute approximate surface area is 164 Å². The van der Waals surface area contributed by atoms with Gasteiger partial charge < -0.3 is 15.4 Å². The van der Waals surface area contributed by atoms with Crippen molar-refractivity contribution in [1.29, 1.82) is 0 Å². The molecule has 1 saturated carbocycles. The molecule has 2 fully saturated rings. The Hall–Kier alpha value is -2.67. The summed E-state index contributed by atoms with van der Waals surface area (Å²) >= 11 is 0. The van der Waals surface area contributed by atoms with Gasteiger partial charge in [0.25, 0.3) is 0 Å². The fourth-order valence-electron chi connectivity index (χ4n) is 4.19. The lowest BCUT2D eigenvalue weighted by Gasteiger charge is -2.15. The van der Waals surface area contributed by atoms with Gasteiger partial charge in [-0.05, 0) is 24.8 Å². The van der Waals surface area contributed by atoms with Gasteiger partial charge in [0, 0.05) is 19.1 Å². The molecule has 5 rings (SSSR count). The second kappa shape index (κ2) is 7.75. The number of nitrogens with one attached hydrogen (secondary N) is 2. The van der Waals surface area contributed by atoms with Crippen LogP contribution < -0.4 is 10.6 Å². The fraction of sp³-hybridized carbons (Fsp3) is 0.476. The van der Waals surface area contributed by atoms with E-state index in [1.807, 2.05) is 28.9 Å². The van der Waals surface area contributed by atoms with Gasteiger partial charge in [0.15, 0.2) is 11.5 Å². The molecule has 1 aliphatic carbocycles. The predicted octanol–water partition coefficient (Wildman–Crippen LogP) is 3.59. The first-order valence-electron chi connectivity index (χ1n) is 10.2. The third kappa shape index (κ3) is 3.54. The molecular formula is C21H26N6O. The minimum atomic E-state index is 0.262. The van der Waals surface area contributed by atoms with Crippen LogP contribution in [-0.4, -0.2) is 38.8 Å². The van der Waals surface area contributed by atoms with Gasteiger partial charge in [-0.1, -0.05) is 43.2 Å². The van der Waals surface area contributed by atoms with Crippen LogP contribution in [0.4, 0.5) is 11.8 Å². The van der Waals surface area contributed by atoms with Crippen LogP contribution in [0.1, 0.15) is 49.3 Å². The quantitative estimate of drug-likeness (QED) is 0.683. The number of aromatic nitrogens is 4. The van der Waals surface area contributed by atoms with Gasteiger partial charge in [0.05, 0.1) is 24.5 Å². The first-order valence-corrected chi connectivity index (χ1v) is 10.2. The van der Waals surface area contributed by atoms with Crippen LogP contribution in [0.3, 0.4) is 0 Å². The monoisotopic (exact) mass is 378 g/mol. The Morgan fingerprint density at radius 3 is 2.75 bits per heavy atom. The van der Waals surface area contributed by atoms with Crippen LogP contribution in [-0.2, 0) is 11.3 Å². The van der Waals surface area contributed by atoms with E-state index in [0.29, 0.717) is 25.0 Å². The van der Waals surface area contributed by atoms with E-state index in [-0.39, 0.29) is 6.04 Å². The van der Waals surface area contributed by atoms with Gasteiger partial charge >= 0.3 is 0 Å². The van der Waals surface area contributed by atoms with E-state index in [0.717, 1.165) is 24.5 Å². The number of hydrogen-bond donors (Lipinski definition) is 2. The highest BCUT2D eigenvalue weighted by Crippen LogP contribution is 2.34. The average Bonchev–Trinajstić information content (AvgIpc) is 3.48. The molecule has 1 aromatic carbocycles. The lowest BCUT2D eigenvalue weighted by molar-refractivity contribution is 0.195. The number of nitrogens with zero attached hydrogens (tertiary/aromatic N) is 4. The Morgan fingerprint density at radius 2 is 1.96 bits per heavy atom. The molecule has 2 aliphatic rings. The van der Waals surface area contributed by atoms with E-state index in [1.165, 1.54) is 36.9 Å². The normalized spacial score (nSPS) is 20.1. The van der Waals surface area contributed by atoms with E-state index < -0.39 is 0 Å². The number of fused-ring (bicyclic) bond motifs is 1. The lowest BCUT2D eigenvalue weighted by Crippen LogP contribution is -2.22.